The normalized spacial score (nSPS) is 12.4. The SMILES string of the molecule is CC(N)c1ccc(F)cc1-c1ccncc1. The van der Waals surface area contributed by atoms with Crippen LogP contribution in [0.15, 0.2) is 42.7 Å². The van der Waals surface area contributed by atoms with Crippen LogP contribution in [-0.2, 0) is 0 Å². The third-order valence-electron chi connectivity index (χ3n) is 2.50. The molecule has 0 aliphatic heterocycles. The molecule has 1 unspecified atom stereocenters. The Hall–Kier alpha value is -1.74. The van der Waals surface area contributed by atoms with Gasteiger partial charge in [0.25, 0.3) is 0 Å². The Morgan fingerprint density at radius 2 is 1.88 bits per heavy atom. The Morgan fingerprint density at radius 1 is 1.19 bits per heavy atom. The summed E-state index contributed by atoms with van der Waals surface area (Å²) in [5.41, 5.74) is 8.56. The van der Waals surface area contributed by atoms with Gasteiger partial charge in [-0.3, -0.25) is 4.98 Å². The molecule has 2 N–H and O–H groups in total. The molecule has 0 bridgehead atoms. The molecule has 1 heterocycles. The topological polar surface area (TPSA) is 38.9 Å². The highest BCUT2D eigenvalue weighted by atomic mass is 19.1. The summed E-state index contributed by atoms with van der Waals surface area (Å²) in [6, 6.07) is 8.25. The van der Waals surface area contributed by atoms with E-state index in [-0.39, 0.29) is 11.9 Å². The molecule has 1 aromatic heterocycles. The van der Waals surface area contributed by atoms with E-state index in [1.54, 1.807) is 18.5 Å². The maximum Gasteiger partial charge on any atom is 0.123 e. The molecular formula is C13H13FN2. The van der Waals surface area contributed by atoms with Crippen molar-refractivity contribution in [2.75, 3.05) is 0 Å². The van der Waals surface area contributed by atoms with Crippen molar-refractivity contribution in [3.63, 3.8) is 0 Å². The molecular weight excluding hydrogens is 203 g/mol. The number of hydrogen-bond donors (Lipinski definition) is 1. The van der Waals surface area contributed by atoms with Crippen LogP contribution in [0.1, 0.15) is 18.5 Å². The van der Waals surface area contributed by atoms with Gasteiger partial charge < -0.3 is 5.73 Å². The fraction of sp³-hybridized carbons (Fsp3) is 0.154. The second kappa shape index (κ2) is 4.41. The Bertz CT molecular complexity index is 481. The molecule has 2 rings (SSSR count). The molecule has 82 valence electrons. The molecule has 0 spiro atoms. The van der Waals surface area contributed by atoms with Crippen LogP contribution in [0.3, 0.4) is 0 Å². The lowest BCUT2D eigenvalue weighted by Gasteiger charge is -2.12. The van der Waals surface area contributed by atoms with Crippen LogP contribution >= 0.6 is 0 Å². The maximum atomic E-state index is 13.2. The van der Waals surface area contributed by atoms with Crippen LogP contribution in [0.25, 0.3) is 11.1 Å². The molecule has 0 aliphatic rings. The number of halogens is 1. The second-order valence-corrected chi connectivity index (χ2v) is 3.76. The Labute approximate surface area is 93.9 Å². The largest absolute Gasteiger partial charge is 0.324 e. The van der Waals surface area contributed by atoms with E-state index >= 15 is 0 Å². The van der Waals surface area contributed by atoms with Gasteiger partial charge in [0.15, 0.2) is 0 Å². The summed E-state index contributed by atoms with van der Waals surface area (Å²) < 4.78 is 13.2. The van der Waals surface area contributed by atoms with Crippen LogP contribution in [0.5, 0.6) is 0 Å². The number of nitrogens with zero attached hydrogens (tertiary/aromatic N) is 1. The fourth-order valence-corrected chi connectivity index (χ4v) is 1.71. The molecule has 0 amide bonds. The molecule has 2 aromatic rings. The molecule has 0 fully saturated rings. The van der Waals surface area contributed by atoms with E-state index in [4.69, 9.17) is 5.73 Å². The monoisotopic (exact) mass is 216 g/mol. The number of nitrogens with two attached hydrogens (primary N) is 1. The zero-order valence-corrected chi connectivity index (χ0v) is 9.02. The van der Waals surface area contributed by atoms with Gasteiger partial charge in [-0.25, -0.2) is 4.39 Å². The van der Waals surface area contributed by atoms with Gasteiger partial charge in [-0.05, 0) is 47.9 Å². The number of benzene rings is 1. The first kappa shape index (κ1) is 10.8. The van der Waals surface area contributed by atoms with Crippen molar-refractivity contribution in [1.29, 1.82) is 0 Å². The Balaban J connectivity index is 2.58. The first-order valence-electron chi connectivity index (χ1n) is 5.14. The van der Waals surface area contributed by atoms with Crippen molar-refractivity contribution in [2.45, 2.75) is 13.0 Å². The van der Waals surface area contributed by atoms with E-state index in [2.05, 4.69) is 4.98 Å². The van der Waals surface area contributed by atoms with Crippen molar-refractivity contribution in [2.24, 2.45) is 5.73 Å². The summed E-state index contributed by atoms with van der Waals surface area (Å²) >= 11 is 0. The molecule has 0 radical (unpaired) electrons. The Kier molecular flexibility index (Phi) is 2.97. The number of hydrogen-bond acceptors (Lipinski definition) is 2. The van der Waals surface area contributed by atoms with Crippen LogP contribution in [0.4, 0.5) is 4.39 Å². The lowest BCUT2D eigenvalue weighted by atomic mass is 9.96. The number of pyridine rings is 1. The third-order valence-corrected chi connectivity index (χ3v) is 2.50. The number of aromatic nitrogens is 1. The van der Waals surface area contributed by atoms with Crippen molar-refractivity contribution in [3.8, 4) is 11.1 Å². The molecule has 0 aliphatic carbocycles. The van der Waals surface area contributed by atoms with Gasteiger partial charge >= 0.3 is 0 Å². The third kappa shape index (κ3) is 2.09. The number of rotatable bonds is 2. The second-order valence-electron chi connectivity index (χ2n) is 3.76. The average molecular weight is 216 g/mol. The van der Waals surface area contributed by atoms with Crippen molar-refractivity contribution >= 4 is 0 Å². The van der Waals surface area contributed by atoms with E-state index in [1.165, 1.54) is 12.1 Å². The highest BCUT2D eigenvalue weighted by Gasteiger charge is 2.09. The maximum absolute atomic E-state index is 13.2. The standard InChI is InChI=1S/C13H13FN2/c1-9(15)12-3-2-11(14)8-13(12)10-4-6-16-7-5-10/h2-9H,15H2,1H3. The van der Waals surface area contributed by atoms with Crippen LogP contribution in [0, 0.1) is 5.82 Å². The summed E-state index contributed by atoms with van der Waals surface area (Å²) in [4.78, 5) is 3.94. The predicted octanol–water partition coefficient (Wildman–Crippen LogP) is 2.91. The van der Waals surface area contributed by atoms with Crippen LogP contribution < -0.4 is 5.73 Å². The highest BCUT2D eigenvalue weighted by Crippen LogP contribution is 2.27. The van der Waals surface area contributed by atoms with Gasteiger partial charge in [-0.2, -0.15) is 0 Å². The molecule has 0 saturated carbocycles. The zero-order chi connectivity index (χ0) is 11.5. The van der Waals surface area contributed by atoms with Crippen LogP contribution in [0.2, 0.25) is 0 Å². The highest BCUT2D eigenvalue weighted by molar-refractivity contribution is 5.67. The molecule has 16 heavy (non-hydrogen) atoms. The predicted molar refractivity (Wildman–Crippen MR) is 62.2 cm³/mol. The summed E-state index contributed by atoms with van der Waals surface area (Å²) in [6.45, 7) is 1.89. The van der Waals surface area contributed by atoms with Crippen molar-refractivity contribution < 1.29 is 4.39 Å². The van der Waals surface area contributed by atoms with Gasteiger partial charge in [0.2, 0.25) is 0 Å². The lowest BCUT2D eigenvalue weighted by Crippen LogP contribution is -2.06. The minimum atomic E-state index is -0.254. The lowest BCUT2D eigenvalue weighted by molar-refractivity contribution is 0.626. The quantitative estimate of drug-likeness (QED) is 0.838. The summed E-state index contributed by atoms with van der Waals surface area (Å²) in [5.74, 6) is -0.254. The first-order chi connectivity index (χ1) is 7.68. The molecule has 3 heteroatoms. The van der Waals surface area contributed by atoms with E-state index in [9.17, 15) is 4.39 Å². The van der Waals surface area contributed by atoms with E-state index in [1.807, 2.05) is 19.1 Å². The fourth-order valence-electron chi connectivity index (χ4n) is 1.71. The molecule has 2 nitrogen and oxygen atoms in total. The van der Waals surface area contributed by atoms with Crippen LogP contribution in [-0.4, -0.2) is 4.98 Å². The van der Waals surface area contributed by atoms with Gasteiger partial charge in [-0.1, -0.05) is 6.07 Å². The minimum absolute atomic E-state index is 0.122. The van der Waals surface area contributed by atoms with Gasteiger partial charge in [0.05, 0.1) is 0 Å². The van der Waals surface area contributed by atoms with Crippen molar-refractivity contribution in [1.82, 2.24) is 4.98 Å². The van der Waals surface area contributed by atoms with E-state index in [0.29, 0.717) is 0 Å². The van der Waals surface area contributed by atoms with Gasteiger partial charge in [0, 0.05) is 18.4 Å². The van der Waals surface area contributed by atoms with E-state index < -0.39 is 0 Å². The van der Waals surface area contributed by atoms with Gasteiger partial charge in [0.1, 0.15) is 5.82 Å². The summed E-state index contributed by atoms with van der Waals surface area (Å²) in [7, 11) is 0. The summed E-state index contributed by atoms with van der Waals surface area (Å²) in [5, 5.41) is 0. The average Bonchev–Trinajstić information content (AvgIpc) is 2.29. The zero-order valence-electron chi connectivity index (χ0n) is 9.02. The first-order valence-corrected chi connectivity index (χ1v) is 5.14. The van der Waals surface area contributed by atoms with E-state index in [0.717, 1.165) is 16.7 Å². The summed E-state index contributed by atoms with van der Waals surface area (Å²) in [6.07, 6.45) is 3.37. The Morgan fingerprint density at radius 3 is 2.50 bits per heavy atom. The molecule has 1 aromatic carbocycles. The molecule has 1 atom stereocenters. The van der Waals surface area contributed by atoms with Crippen molar-refractivity contribution in [3.05, 3.63) is 54.1 Å². The smallest absolute Gasteiger partial charge is 0.123 e. The minimum Gasteiger partial charge on any atom is -0.324 e. The van der Waals surface area contributed by atoms with Gasteiger partial charge in [-0.15, -0.1) is 0 Å². The molecule has 0 saturated heterocycles.